The van der Waals surface area contributed by atoms with Crippen LogP contribution in [0.4, 0.5) is 0 Å². The highest BCUT2D eigenvalue weighted by atomic mass is 16.1. The summed E-state index contributed by atoms with van der Waals surface area (Å²) in [5, 5.41) is 11.7. The number of carbonyl (C=O) groups is 1. The van der Waals surface area contributed by atoms with E-state index in [0.29, 0.717) is 12.1 Å². The molecule has 0 unspecified atom stereocenters. The summed E-state index contributed by atoms with van der Waals surface area (Å²) in [5.41, 5.74) is 4.41. The summed E-state index contributed by atoms with van der Waals surface area (Å²) in [7, 11) is 0. The molecule has 0 saturated heterocycles. The van der Waals surface area contributed by atoms with Crippen molar-refractivity contribution in [2.75, 3.05) is 19.6 Å². The molecule has 3 rings (SSSR count). The van der Waals surface area contributed by atoms with Crippen molar-refractivity contribution in [3.63, 3.8) is 0 Å². The van der Waals surface area contributed by atoms with Crippen LogP contribution in [0.2, 0.25) is 0 Å². The minimum absolute atomic E-state index is 0.0849. The molecular formula is C22H23N3O. The summed E-state index contributed by atoms with van der Waals surface area (Å²) in [6.45, 7) is 3.76. The maximum atomic E-state index is 11.9. The minimum Gasteiger partial charge on any atom is -0.353 e. The van der Waals surface area contributed by atoms with Gasteiger partial charge in [-0.1, -0.05) is 36.4 Å². The molecule has 0 saturated carbocycles. The molecule has 4 nitrogen and oxygen atoms in total. The smallest absolute Gasteiger partial charge is 0.243 e. The minimum atomic E-state index is -0.0849. The number of nitrogens with one attached hydrogen (secondary N) is 1. The molecule has 1 aliphatic rings. The Morgan fingerprint density at radius 3 is 2.69 bits per heavy atom. The molecule has 0 bridgehead atoms. The van der Waals surface area contributed by atoms with Crippen molar-refractivity contribution in [2.45, 2.75) is 19.4 Å². The number of nitriles is 1. The van der Waals surface area contributed by atoms with Crippen LogP contribution in [0.1, 0.15) is 28.7 Å². The van der Waals surface area contributed by atoms with Gasteiger partial charge >= 0.3 is 0 Å². The normalized spacial score (nSPS) is 14.0. The fourth-order valence-corrected chi connectivity index (χ4v) is 3.16. The lowest BCUT2D eigenvalue weighted by molar-refractivity contribution is -0.116. The summed E-state index contributed by atoms with van der Waals surface area (Å²) < 4.78 is 0. The highest BCUT2D eigenvalue weighted by Crippen LogP contribution is 2.18. The molecule has 0 fully saturated rings. The Morgan fingerprint density at radius 1 is 1.15 bits per heavy atom. The summed E-state index contributed by atoms with van der Waals surface area (Å²) in [6, 6.07) is 17.9. The molecule has 1 aliphatic heterocycles. The van der Waals surface area contributed by atoms with E-state index in [1.165, 1.54) is 11.1 Å². The van der Waals surface area contributed by atoms with Gasteiger partial charge in [0.1, 0.15) is 0 Å². The zero-order valence-electron chi connectivity index (χ0n) is 14.8. The van der Waals surface area contributed by atoms with Crippen molar-refractivity contribution in [1.29, 1.82) is 5.26 Å². The van der Waals surface area contributed by atoms with Gasteiger partial charge in [0, 0.05) is 32.3 Å². The average Bonchev–Trinajstić information content (AvgIpc) is 2.70. The zero-order chi connectivity index (χ0) is 18.2. The van der Waals surface area contributed by atoms with E-state index in [2.05, 4.69) is 40.6 Å². The Hall–Kier alpha value is -2.90. The van der Waals surface area contributed by atoms with E-state index in [1.54, 1.807) is 24.3 Å². The third kappa shape index (κ3) is 5.05. The highest BCUT2D eigenvalue weighted by molar-refractivity contribution is 5.91. The lowest BCUT2D eigenvalue weighted by atomic mass is 10.00. The standard InChI is InChI=1S/C22H23N3O/c23-16-19-8-6-18(7-9-19)10-11-22(26)24-13-3-14-25-15-12-20-4-1-2-5-21(20)17-25/h1-2,4-11H,3,12-15,17H2,(H,24,26)/b11-10+. The van der Waals surface area contributed by atoms with Crippen LogP contribution in [0.15, 0.2) is 54.6 Å². The van der Waals surface area contributed by atoms with Gasteiger partial charge in [0.25, 0.3) is 0 Å². The molecule has 1 heterocycles. The van der Waals surface area contributed by atoms with Crippen molar-refractivity contribution in [1.82, 2.24) is 10.2 Å². The van der Waals surface area contributed by atoms with Crippen LogP contribution in [-0.2, 0) is 17.8 Å². The van der Waals surface area contributed by atoms with Crippen LogP contribution in [0.25, 0.3) is 6.08 Å². The van der Waals surface area contributed by atoms with E-state index in [1.807, 2.05) is 12.1 Å². The summed E-state index contributed by atoms with van der Waals surface area (Å²) in [6.07, 6.45) is 5.35. The second-order valence-electron chi connectivity index (χ2n) is 6.51. The van der Waals surface area contributed by atoms with E-state index in [4.69, 9.17) is 5.26 Å². The first-order valence-electron chi connectivity index (χ1n) is 9.00. The van der Waals surface area contributed by atoms with Gasteiger partial charge in [-0.05, 0) is 47.7 Å². The topological polar surface area (TPSA) is 56.1 Å². The van der Waals surface area contributed by atoms with Crippen molar-refractivity contribution in [2.24, 2.45) is 0 Å². The first-order valence-corrected chi connectivity index (χ1v) is 9.00. The van der Waals surface area contributed by atoms with E-state index >= 15 is 0 Å². The lowest BCUT2D eigenvalue weighted by Crippen LogP contribution is -2.33. The molecule has 0 spiro atoms. The highest BCUT2D eigenvalue weighted by Gasteiger charge is 2.14. The number of hydrogen-bond acceptors (Lipinski definition) is 3. The van der Waals surface area contributed by atoms with Gasteiger partial charge in [-0.25, -0.2) is 0 Å². The molecule has 2 aromatic rings. The van der Waals surface area contributed by atoms with Crippen LogP contribution >= 0.6 is 0 Å². The van der Waals surface area contributed by atoms with Gasteiger partial charge in [0.15, 0.2) is 0 Å². The van der Waals surface area contributed by atoms with Crippen LogP contribution in [0.3, 0.4) is 0 Å². The van der Waals surface area contributed by atoms with Gasteiger partial charge in [-0.2, -0.15) is 5.26 Å². The molecule has 0 aliphatic carbocycles. The predicted octanol–water partition coefficient (Wildman–Crippen LogP) is 3.14. The zero-order valence-corrected chi connectivity index (χ0v) is 14.8. The monoisotopic (exact) mass is 345 g/mol. The number of amides is 1. The maximum absolute atomic E-state index is 11.9. The van der Waals surface area contributed by atoms with Gasteiger partial charge < -0.3 is 5.32 Å². The summed E-state index contributed by atoms with van der Waals surface area (Å²) in [4.78, 5) is 14.3. The second-order valence-corrected chi connectivity index (χ2v) is 6.51. The molecule has 26 heavy (non-hydrogen) atoms. The van der Waals surface area contributed by atoms with Crippen LogP contribution in [0.5, 0.6) is 0 Å². The number of nitrogens with zero attached hydrogens (tertiary/aromatic N) is 2. The average molecular weight is 345 g/mol. The quantitative estimate of drug-likeness (QED) is 0.646. The summed E-state index contributed by atoms with van der Waals surface area (Å²) >= 11 is 0. The van der Waals surface area contributed by atoms with Crippen molar-refractivity contribution < 1.29 is 4.79 Å². The first-order chi connectivity index (χ1) is 12.7. The Morgan fingerprint density at radius 2 is 1.92 bits per heavy atom. The predicted molar refractivity (Wildman–Crippen MR) is 103 cm³/mol. The first kappa shape index (κ1) is 17.9. The van der Waals surface area contributed by atoms with Crippen molar-refractivity contribution >= 4 is 12.0 Å². The van der Waals surface area contributed by atoms with Gasteiger partial charge in [-0.15, -0.1) is 0 Å². The lowest BCUT2D eigenvalue weighted by Gasteiger charge is -2.28. The van der Waals surface area contributed by atoms with Crippen molar-refractivity contribution in [3.05, 3.63) is 76.9 Å². The molecule has 0 atom stereocenters. The largest absolute Gasteiger partial charge is 0.353 e. The number of rotatable bonds is 6. The van der Waals surface area contributed by atoms with Crippen molar-refractivity contribution in [3.8, 4) is 6.07 Å². The molecule has 1 amide bonds. The Kier molecular flexibility index (Phi) is 6.19. The number of hydrogen-bond donors (Lipinski definition) is 1. The van der Waals surface area contributed by atoms with Crippen LogP contribution in [0, 0.1) is 11.3 Å². The molecular weight excluding hydrogens is 322 g/mol. The third-order valence-electron chi connectivity index (χ3n) is 4.63. The Labute approximate surface area is 154 Å². The fraction of sp³-hybridized carbons (Fsp3) is 0.273. The molecule has 4 heteroatoms. The van der Waals surface area contributed by atoms with E-state index < -0.39 is 0 Å². The van der Waals surface area contributed by atoms with Crippen LogP contribution < -0.4 is 5.32 Å². The van der Waals surface area contributed by atoms with Gasteiger partial charge in [0.2, 0.25) is 5.91 Å². The molecule has 0 radical (unpaired) electrons. The summed E-state index contributed by atoms with van der Waals surface area (Å²) in [5.74, 6) is -0.0849. The fourth-order valence-electron chi connectivity index (χ4n) is 3.16. The van der Waals surface area contributed by atoms with Crippen LogP contribution in [-0.4, -0.2) is 30.4 Å². The van der Waals surface area contributed by atoms with E-state index in [-0.39, 0.29) is 5.91 Å². The number of benzene rings is 2. The molecule has 1 N–H and O–H groups in total. The molecule has 0 aromatic heterocycles. The number of carbonyl (C=O) groups excluding carboxylic acids is 1. The molecule has 132 valence electrons. The Balaban J connectivity index is 1.36. The van der Waals surface area contributed by atoms with E-state index in [0.717, 1.165) is 38.0 Å². The van der Waals surface area contributed by atoms with E-state index in [9.17, 15) is 4.79 Å². The maximum Gasteiger partial charge on any atom is 0.243 e. The van der Waals surface area contributed by atoms with Gasteiger partial charge in [-0.3, -0.25) is 9.69 Å². The number of fused-ring (bicyclic) bond motifs is 1. The SMILES string of the molecule is N#Cc1ccc(/C=C/C(=O)NCCCN2CCc3ccccc3C2)cc1. The van der Waals surface area contributed by atoms with Gasteiger partial charge in [0.05, 0.1) is 11.6 Å². The third-order valence-corrected chi connectivity index (χ3v) is 4.63. The second kappa shape index (κ2) is 8.98. The Bertz CT molecular complexity index is 818. The molecule has 2 aromatic carbocycles.